The van der Waals surface area contributed by atoms with Gasteiger partial charge in [-0.25, -0.2) is 5.43 Å². The summed E-state index contributed by atoms with van der Waals surface area (Å²) in [6, 6.07) is 18.9. The maximum atomic E-state index is 12.0. The van der Waals surface area contributed by atoms with Crippen molar-refractivity contribution in [2.75, 3.05) is 0 Å². The molecule has 0 fully saturated rings. The molecule has 1 aliphatic heterocycles. The van der Waals surface area contributed by atoms with Crippen LogP contribution in [0, 0.1) is 5.41 Å². The third-order valence-corrected chi connectivity index (χ3v) is 3.18. The van der Waals surface area contributed by atoms with Crippen molar-refractivity contribution >= 4 is 23.4 Å². The smallest absolute Gasteiger partial charge is 0.273 e. The molecule has 2 aromatic carbocycles. The van der Waals surface area contributed by atoms with E-state index in [1.807, 2.05) is 60.7 Å². The highest BCUT2D eigenvalue weighted by Crippen LogP contribution is 2.15. The second-order valence-corrected chi connectivity index (χ2v) is 4.61. The summed E-state index contributed by atoms with van der Waals surface area (Å²) in [5, 5.41) is 12.3. The predicted molar refractivity (Wildman–Crippen MR) is 83.3 cm³/mol. The van der Waals surface area contributed by atoms with Gasteiger partial charge in [-0.1, -0.05) is 60.7 Å². The van der Waals surface area contributed by atoms with Crippen LogP contribution in [0.5, 0.6) is 0 Å². The van der Waals surface area contributed by atoms with Gasteiger partial charge in [0.25, 0.3) is 5.91 Å². The summed E-state index contributed by atoms with van der Waals surface area (Å²) in [6.45, 7) is 0. The van der Waals surface area contributed by atoms with Crippen molar-refractivity contribution in [2.24, 2.45) is 5.10 Å². The zero-order valence-electron chi connectivity index (χ0n) is 11.2. The van der Waals surface area contributed by atoms with Gasteiger partial charge in [0.05, 0.1) is 11.3 Å². The number of carbonyl (C=O) groups is 1. The van der Waals surface area contributed by atoms with E-state index < -0.39 is 0 Å². The van der Waals surface area contributed by atoms with Crippen LogP contribution in [0.2, 0.25) is 0 Å². The third kappa shape index (κ3) is 2.65. The molecule has 0 saturated heterocycles. The minimum Gasteiger partial charge on any atom is -0.298 e. The predicted octanol–water partition coefficient (Wildman–Crippen LogP) is 2.62. The van der Waals surface area contributed by atoms with Crippen LogP contribution in [-0.2, 0) is 4.79 Å². The Labute approximate surface area is 122 Å². The van der Waals surface area contributed by atoms with Crippen LogP contribution in [-0.4, -0.2) is 17.3 Å². The lowest BCUT2D eigenvalue weighted by atomic mass is 9.96. The van der Waals surface area contributed by atoms with Gasteiger partial charge in [-0.05, 0) is 11.6 Å². The van der Waals surface area contributed by atoms with E-state index in [9.17, 15) is 4.79 Å². The molecule has 0 atom stereocenters. The van der Waals surface area contributed by atoms with Gasteiger partial charge in [-0.15, -0.1) is 0 Å². The van der Waals surface area contributed by atoms with E-state index in [-0.39, 0.29) is 11.6 Å². The highest BCUT2D eigenvalue weighted by Gasteiger charge is 2.25. The molecule has 21 heavy (non-hydrogen) atoms. The standard InChI is InChI=1S/C17H13N3O/c18-15-14(11-12-7-3-1-4-8-12)17(21)20-19-16(15)13-9-5-2-6-10-13/h1-11,18H,(H,20,21)/b14-11+,18-15?. The van der Waals surface area contributed by atoms with Crippen LogP contribution in [0.25, 0.3) is 6.08 Å². The first kappa shape index (κ1) is 13.0. The fourth-order valence-electron chi connectivity index (χ4n) is 2.12. The topological polar surface area (TPSA) is 65.3 Å². The second kappa shape index (κ2) is 5.54. The molecule has 1 heterocycles. The van der Waals surface area contributed by atoms with E-state index in [0.717, 1.165) is 11.1 Å². The highest BCUT2D eigenvalue weighted by molar-refractivity contribution is 6.58. The van der Waals surface area contributed by atoms with Gasteiger partial charge in [-0.2, -0.15) is 5.10 Å². The average molecular weight is 275 g/mol. The molecule has 0 saturated carbocycles. The first-order valence-corrected chi connectivity index (χ1v) is 6.55. The summed E-state index contributed by atoms with van der Waals surface area (Å²) in [4.78, 5) is 12.0. The Bertz CT molecular complexity index is 746. The summed E-state index contributed by atoms with van der Waals surface area (Å²) in [5.41, 5.74) is 5.07. The van der Waals surface area contributed by atoms with Crippen molar-refractivity contribution in [1.29, 1.82) is 5.41 Å². The lowest BCUT2D eigenvalue weighted by molar-refractivity contribution is -0.117. The largest absolute Gasteiger partial charge is 0.298 e. The van der Waals surface area contributed by atoms with E-state index >= 15 is 0 Å². The number of hydrazone groups is 1. The molecule has 2 aromatic rings. The molecule has 0 unspecified atom stereocenters. The quantitative estimate of drug-likeness (QED) is 0.813. The lowest BCUT2D eigenvalue weighted by Gasteiger charge is -2.16. The van der Waals surface area contributed by atoms with Crippen LogP contribution in [0.1, 0.15) is 11.1 Å². The van der Waals surface area contributed by atoms with Crippen LogP contribution in [0.4, 0.5) is 0 Å². The monoisotopic (exact) mass is 275 g/mol. The van der Waals surface area contributed by atoms with E-state index in [0.29, 0.717) is 11.3 Å². The normalized spacial score (nSPS) is 16.6. The first-order valence-electron chi connectivity index (χ1n) is 6.55. The minimum atomic E-state index is -0.358. The van der Waals surface area contributed by atoms with Gasteiger partial charge in [0, 0.05) is 5.56 Å². The number of amides is 1. The van der Waals surface area contributed by atoms with Crippen LogP contribution in [0.3, 0.4) is 0 Å². The van der Waals surface area contributed by atoms with Crippen LogP contribution >= 0.6 is 0 Å². The lowest BCUT2D eigenvalue weighted by Crippen LogP contribution is -2.35. The molecule has 1 aliphatic rings. The van der Waals surface area contributed by atoms with Crippen LogP contribution in [0.15, 0.2) is 71.3 Å². The molecule has 3 rings (SSSR count). The minimum absolute atomic E-state index is 0.133. The molecular weight excluding hydrogens is 262 g/mol. The molecule has 0 spiro atoms. The summed E-state index contributed by atoms with van der Waals surface area (Å²) < 4.78 is 0. The Kier molecular flexibility index (Phi) is 3.43. The Morgan fingerprint density at radius 2 is 1.57 bits per heavy atom. The number of hydrogen-bond donors (Lipinski definition) is 2. The number of hydrogen-bond acceptors (Lipinski definition) is 3. The Hall–Kier alpha value is -3.01. The zero-order chi connectivity index (χ0) is 14.7. The van der Waals surface area contributed by atoms with E-state index in [2.05, 4.69) is 10.5 Å². The second-order valence-electron chi connectivity index (χ2n) is 4.61. The maximum absolute atomic E-state index is 12.0. The summed E-state index contributed by atoms with van der Waals surface area (Å²) in [7, 11) is 0. The van der Waals surface area contributed by atoms with Crippen molar-refractivity contribution in [3.63, 3.8) is 0 Å². The SMILES string of the molecule is N=C1C(c2ccccc2)=NNC(=O)/C1=C/c1ccccc1. The Morgan fingerprint density at radius 1 is 0.952 bits per heavy atom. The van der Waals surface area contributed by atoms with Gasteiger partial charge < -0.3 is 0 Å². The number of nitrogens with one attached hydrogen (secondary N) is 2. The maximum Gasteiger partial charge on any atom is 0.273 e. The third-order valence-electron chi connectivity index (χ3n) is 3.18. The highest BCUT2D eigenvalue weighted by atomic mass is 16.2. The van der Waals surface area contributed by atoms with Crippen LogP contribution < -0.4 is 5.43 Å². The van der Waals surface area contributed by atoms with Crippen molar-refractivity contribution in [2.45, 2.75) is 0 Å². The molecule has 2 N–H and O–H groups in total. The van der Waals surface area contributed by atoms with E-state index in [4.69, 9.17) is 5.41 Å². The fourth-order valence-corrected chi connectivity index (χ4v) is 2.12. The van der Waals surface area contributed by atoms with Crippen molar-refractivity contribution in [1.82, 2.24) is 5.43 Å². The molecule has 0 aliphatic carbocycles. The zero-order valence-corrected chi connectivity index (χ0v) is 11.2. The Morgan fingerprint density at radius 3 is 2.24 bits per heavy atom. The van der Waals surface area contributed by atoms with Gasteiger partial charge >= 0.3 is 0 Å². The molecular formula is C17H13N3O. The summed E-state index contributed by atoms with van der Waals surface area (Å²) in [6.07, 6.45) is 1.70. The molecule has 4 nitrogen and oxygen atoms in total. The summed E-state index contributed by atoms with van der Waals surface area (Å²) >= 11 is 0. The van der Waals surface area contributed by atoms with Gasteiger partial charge in [0.15, 0.2) is 0 Å². The molecule has 102 valence electrons. The fraction of sp³-hybridized carbons (Fsp3) is 0. The van der Waals surface area contributed by atoms with Crippen molar-refractivity contribution in [3.8, 4) is 0 Å². The molecule has 0 radical (unpaired) electrons. The Balaban J connectivity index is 2.01. The average Bonchev–Trinajstić information content (AvgIpc) is 2.53. The molecule has 0 aromatic heterocycles. The van der Waals surface area contributed by atoms with Gasteiger partial charge in [-0.3, -0.25) is 10.2 Å². The van der Waals surface area contributed by atoms with E-state index in [1.54, 1.807) is 6.08 Å². The molecule has 4 heteroatoms. The number of nitrogens with zero attached hydrogens (tertiary/aromatic N) is 1. The van der Waals surface area contributed by atoms with E-state index in [1.165, 1.54) is 0 Å². The van der Waals surface area contributed by atoms with Gasteiger partial charge in [0.1, 0.15) is 5.71 Å². The first-order chi connectivity index (χ1) is 10.3. The summed E-state index contributed by atoms with van der Waals surface area (Å²) in [5.74, 6) is -0.358. The number of rotatable bonds is 2. The van der Waals surface area contributed by atoms with Gasteiger partial charge in [0.2, 0.25) is 0 Å². The number of carbonyl (C=O) groups excluding carboxylic acids is 1. The molecule has 1 amide bonds. The molecule has 0 bridgehead atoms. The van der Waals surface area contributed by atoms with Crippen molar-refractivity contribution < 1.29 is 4.79 Å². The number of benzene rings is 2. The van der Waals surface area contributed by atoms with Crippen molar-refractivity contribution in [3.05, 3.63) is 77.4 Å².